The molecule has 1 aliphatic rings. The van der Waals surface area contributed by atoms with Crippen LogP contribution in [-0.2, 0) is 10.3 Å². The molecule has 1 aliphatic carbocycles. The Kier molecular flexibility index (Phi) is 4.12. The van der Waals surface area contributed by atoms with Gasteiger partial charge >= 0.3 is 0 Å². The summed E-state index contributed by atoms with van der Waals surface area (Å²) in [6.45, 7) is 0. The molecule has 2 rings (SSSR count). The van der Waals surface area contributed by atoms with Crippen LogP contribution in [0.2, 0.25) is 0 Å². The highest BCUT2D eigenvalue weighted by Crippen LogP contribution is 2.41. The number of hydrogen-bond donors (Lipinski definition) is 2. The molecule has 0 fully saturated rings. The Hall–Kier alpha value is -1.06. The predicted molar refractivity (Wildman–Crippen MR) is 77.3 cm³/mol. The fourth-order valence-corrected chi connectivity index (χ4v) is 2.59. The molecule has 0 aromatic heterocycles. The van der Waals surface area contributed by atoms with Gasteiger partial charge in [-0.05, 0) is 34.7 Å². The molecule has 4 N–H and O–H groups in total. The van der Waals surface area contributed by atoms with Crippen molar-refractivity contribution in [2.45, 2.75) is 11.6 Å². The zero-order valence-electron chi connectivity index (χ0n) is 10.5. The quantitative estimate of drug-likeness (QED) is 0.756. The summed E-state index contributed by atoms with van der Waals surface area (Å²) in [5.74, 6) is -3.34. The zero-order chi connectivity index (χ0) is 15.1. The maximum atomic E-state index is 14.2. The van der Waals surface area contributed by atoms with Crippen molar-refractivity contribution < 1.29 is 17.9 Å². The number of nitrogens with two attached hydrogens (primary N) is 2. The van der Waals surface area contributed by atoms with Gasteiger partial charge in [-0.25, -0.2) is 13.2 Å². The molecule has 2 atom stereocenters. The second kappa shape index (κ2) is 5.38. The Balaban J connectivity index is 2.66. The minimum atomic E-state index is -2.14. The average Bonchev–Trinajstić information content (AvgIpc) is 2.40. The molecule has 1 aromatic carbocycles. The highest BCUT2D eigenvalue weighted by Gasteiger charge is 2.47. The third-order valence-corrected chi connectivity index (χ3v) is 3.92. The lowest BCUT2D eigenvalue weighted by Crippen LogP contribution is -2.56. The molecule has 20 heavy (non-hydrogen) atoms. The smallest absolute Gasteiger partial charge is 0.162 e. The summed E-state index contributed by atoms with van der Waals surface area (Å²) in [7, 11) is 1.26. The van der Waals surface area contributed by atoms with Crippen LogP contribution in [0.1, 0.15) is 5.56 Å². The van der Waals surface area contributed by atoms with Crippen LogP contribution in [0.3, 0.4) is 0 Å². The number of halogens is 4. The molecule has 108 valence electrons. The van der Waals surface area contributed by atoms with Crippen LogP contribution < -0.4 is 11.5 Å². The number of rotatable bonds is 2. The number of allylic oxidation sites excluding steroid dienone is 2. The number of hydrogen-bond acceptors (Lipinski definition) is 3. The fraction of sp³-hybridized carbons (Fsp3) is 0.231. The first-order valence-electron chi connectivity index (χ1n) is 5.63. The van der Waals surface area contributed by atoms with Gasteiger partial charge in [0.1, 0.15) is 17.1 Å². The van der Waals surface area contributed by atoms with Crippen molar-refractivity contribution in [3.63, 3.8) is 0 Å². The topological polar surface area (TPSA) is 61.3 Å². The number of benzene rings is 1. The molecular weight excluding hydrogens is 384 g/mol. The molecule has 3 nitrogen and oxygen atoms in total. The maximum Gasteiger partial charge on any atom is 0.162 e. The van der Waals surface area contributed by atoms with Gasteiger partial charge in [-0.2, -0.15) is 0 Å². The summed E-state index contributed by atoms with van der Waals surface area (Å²) < 4.78 is 47.4. The van der Waals surface area contributed by atoms with E-state index in [1.807, 2.05) is 22.6 Å². The maximum absolute atomic E-state index is 14.2. The molecule has 0 spiro atoms. The molecule has 0 bridgehead atoms. The standard InChI is InChI=1S/C13H12F3IN2O/c1-20-10-5-9(15)11(16)13(19,12(10)18)7-3-2-6(17)4-8(7)14/h2-5,12H,18-19H2,1H3. The van der Waals surface area contributed by atoms with E-state index < -0.39 is 29.1 Å². The van der Waals surface area contributed by atoms with E-state index in [9.17, 15) is 13.2 Å². The van der Waals surface area contributed by atoms with E-state index in [-0.39, 0.29) is 11.3 Å². The van der Waals surface area contributed by atoms with Crippen molar-refractivity contribution in [2.75, 3.05) is 7.11 Å². The van der Waals surface area contributed by atoms with Crippen molar-refractivity contribution in [1.82, 2.24) is 0 Å². The predicted octanol–water partition coefficient (Wildman–Crippen LogP) is 2.61. The van der Waals surface area contributed by atoms with E-state index in [4.69, 9.17) is 16.2 Å². The van der Waals surface area contributed by atoms with Crippen LogP contribution in [0, 0.1) is 9.39 Å². The fourth-order valence-electron chi connectivity index (χ4n) is 2.13. The van der Waals surface area contributed by atoms with E-state index in [1.54, 1.807) is 0 Å². The van der Waals surface area contributed by atoms with E-state index in [0.29, 0.717) is 3.57 Å². The summed E-state index contributed by atoms with van der Waals surface area (Å²) in [5, 5.41) is 0. The van der Waals surface area contributed by atoms with Gasteiger partial charge in [0.25, 0.3) is 0 Å². The lowest BCUT2D eigenvalue weighted by molar-refractivity contribution is 0.209. The van der Waals surface area contributed by atoms with Crippen LogP contribution in [-0.4, -0.2) is 13.2 Å². The molecule has 2 unspecified atom stereocenters. The van der Waals surface area contributed by atoms with Gasteiger partial charge in [-0.3, -0.25) is 0 Å². The second-order valence-electron chi connectivity index (χ2n) is 4.38. The van der Waals surface area contributed by atoms with Gasteiger partial charge in [-0.15, -0.1) is 0 Å². The third-order valence-electron chi connectivity index (χ3n) is 3.25. The molecule has 1 aromatic rings. The molecule has 0 amide bonds. The van der Waals surface area contributed by atoms with Gasteiger partial charge < -0.3 is 16.2 Å². The van der Waals surface area contributed by atoms with Crippen molar-refractivity contribution in [3.8, 4) is 0 Å². The number of ether oxygens (including phenoxy) is 1. The Morgan fingerprint density at radius 3 is 2.50 bits per heavy atom. The molecule has 0 heterocycles. The molecule has 7 heteroatoms. The highest BCUT2D eigenvalue weighted by molar-refractivity contribution is 14.1. The monoisotopic (exact) mass is 396 g/mol. The summed E-state index contributed by atoms with van der Waals surface area (Å²) >= 11 is 1.90. The van der Waals surface area contributed by atoms with Crippen LogP contribution in [0.4, 0.5) is 13.2 Å². The lowest BCUT2D eigenvalue weighted by Gasteiger charge is -2.37. The molecule has 0 aliphatic heterocycles. The first kappa shape index (κ1) is 15.3. The van der Waals surface area contributed by atoms with Crippen LogP contribution >= 0.6 is 22.6 Å². The second-order valence-corrected chi connectivity index (χ2v) is 5.63. The summed E-state index contributed by atoms with van der Waals surface area (Å²) in [6, 6.07) is 2.77. The van der Waals surface area contributed by atoms with Crippen LogP contribution in [0.25, 0.3) is 0 Å². The van der Waals surface area contributed by atoms with Crippen LogP contribution in [0.15, 0.2) is 41.7 Å². The first-order chi connectivity index (χ1) is 9.32. The van der Waals surface area contributed by atoms with Crippen molar-refractivity contribution >= 4 is 22.6 Å². The van der Waals surface area contributed by atoms with E-state index in [2.05, 4.69) is 0 Å². The van der Waals surface area contributed by atoms with Gasteiger partial charge in [0, 0.05) is 15.2 Å². The van der Waals surface area contributed by atoms with Crippen LogP contribution in [0.5, 0.6) is 0 Å². The zero-order valence-corrected chi connectivity index (χ0v) is 12.6. The van der Waals surface area contributed by atoms with E-state index in [0.717, 1.165) is 6.08 Å². The van der Waals surface area contributed by atoms with Crippen molar-refractivity contribution in [2.24, 2.45) is 11.5 Å². The largest absolute Gasteiger partial charge is 0.499 e. The Morgan fingerprint density at radius 2 is 1.95 bits per heavy atom. The molecule has 0 saturated carbocycles. The minimum absolute atomic E-state index is 0.0515. The lowest BCUT2D eigenvalue weighted by atomic mass is 9.78. The summed E-state index contributed by atoms with van der Waals surface area (Å²) in [4.78, 5) is 0. The average molecular weight is 396 g/mol. The molecule has 0 saturated heterocycles. The van der Waals surface area contributed by atoms with E-state index >= 15 is 0 Å². The van der Waals surface area contributed by atoms with Gasteiger partial charge in [0.2, 0.25) is 0 Å². The summed E-state index contributed by atoms with van der Waals surface area (Å²) in [5.41, 5.74) is 9.38. The highest BCUT2D eigenvalue weighted by atomic mass is 127. The Labute approximate surface area is 127 Å². The van der Waals surface area contributed by atoms with Gasteiger partial charge in [0.15, 0.2) is 11.7 Å². The summed E-state index contributed by atoms with van der Waals surface area (Å²) in [6.07, 6.45) is 0.815. The first-order valence-corrected chi connectivity index (χ1v) is 6.71. The molecule has 0 radical (unpaired) electrons. The van der Waals surface area contributed by atoms with Crippen molar-refractivity contribution in [1.29, 1.82) is 0 Å². The Bertz CT molecular complexity index is 618. The normalized spacial score (nSPS) is 26.6. The van der Waals surface area contributed by atoms with Gasteiger partial charge in [-0.1, -0.05) is 6.07 Å². The minimum Gasteiger partial charge on any atom is -0.499 e. The Morgan fingerprint density at radius 1 is 1.30 bits per heavy atom. The SMILES string of the molecule is COC1=CC(F)=C(F)C(N)(c2ccc(I)cc2F)C1N. The number of methoxy groups -OCH3 is 1. The van der Waals surface area contributed by atoms with Crippen molar-refractivity contribution in [3.05, 3.63) is 56.6 Å². The molecular formula is C13H12F3IN2O. The van der Waals surface area contributed by atoms with Gasteiger partial charge in [0.05, 0.1) is 13.2 Å². The third kappa shape index (κ3) is 2.23. The van der Waals surface area contributed by atoms with E-state index in [1.165, 1.54) is 25.3 Å².